The third-order valence-electron chi connectivity index (χ3n) is 6.03. The van der Waals surface area contributed by atoms with Crippen LogP contribution in [0.5, 0.6) is 11.5 Å². The van der Waals surface area contributed by atoms with Crippen LogP contribution in [0.15, 0.2) is 36.4 Å². The summed E-state index contributed by atoms with van der Waals surface area (Å²) in [6.45, 7) is -3.12. The second-order valence-corrected chi connectivity index (χ2v) is 8.43. The summed E-state index contributed by atoms with van der Waals surface area (Å²) in [6, 6.07) is 8.03. The third kappa shape index (κ3) is 5.60. The molecule has 10 heteroatoms. The Hall–Kier alpha value is -3.30. The first-order chi connectivity index (χ1) is 16.3. The van der Waals surface area contributed by atoms with Crippen LogP contribution in [0.1, 0.15) is 43.6 Å². The number of anilines is 1. The average Bonchev–Trinajstić information content (AvgIpc) is 3.42. The van der Waals surface area contributed by atoms with Crippen LogP contribution in [0.2, 0.25) is 0 Å². The van der Waals surface area contributed by atoms with Gasteiger partial charge in [-0.1, -0.05) is 12.1 Å². The summed E-state index contributed by atoms with van der Waals surface area (Å²) in [5, 5.41) is 2.27. The van der Waals surface area contributed by atoms with Gasteiger partial charge in [-0.2, -0.15) is 8.78 Å². The molecule has 1 saturated carbocycles. The Balaban J connectivity index is 1.44. The molecule has 1 N–H and O–H groups in total. The van der Waals surface area contributed by atoms with Crippen molar-refractivity contribution in [2.24, 2.45) is 0 Å². The highest BCUT2D eigenvalue weighted by Gasteiger charge is 2.33. The number of carbonyl (C=O) groups excluding carboxylic acids is 2. The quantitative estimate of drug-likeness (QED) is 0.549. The van der Waals surface area contributed by atoms with Crippen molar-refractivity contribution in [2.75, 3.05) is 18.4 Å². The van der Waals surface area contributed by atoms with Crippen LogP contribution in [0, 0.1) is 11.6 Å². The summed E-state index contributed by atoms with van der Waals surface area (Å²) < 4.78 is 63.3. The Kier molecular flexibility index (Phi) is 7.23. The monoisotopic (exact) mass is 480 g/mol. The number of amides is 2. The van der Waals surface area contributed by atoms with Gasteiger partial charge in [0.2, 0.25) is 11.8 Å². The van der Waals surface area contributed by atoms with Gasteiger partial charge in [-0.05, 0) is 55.5 Å². The van der Waals surface area contributed by atoms with Crippen molar-refractivity contribution in [3.63, 3.8) is 0 Å². The molecule has 0 aromatic heterocycles. The van der Waals surface area contributed by atoms with Gasteiger partial charge in [0.15, 0.2) is 23.1 Å². The second-order valence-electron chi connectivity index (χ2n) is 8.43. The molecule has 2 fully saturated rings. The number of likely N-dealkylation sites (tertiary alicyclic amines) is 1. The van der Waals surface area contributed by atoms with E-state index >= 15 is 0 Å². The number of halogens is 4. The van der Waals surface area contributed by atoms with Gasteiger partial charge in [-0.25, -0.2) is 8.78 Å². The molecule has 1 aliphatic carbocycles. The minimum absolute atomic E-state index is 0.0664. The van der Waals surface area contributed by atoms with E-state index in [4.69, 9.17) is 4.74 Å². The lowest BCUT2D eigenvalue weighted by atomic mass is 9.98. The minimum Gasteiger partial charge on any atom is -0.487 e. The van der Waals surface area contributed by atoms with Crippen LogP contribution >= 0.6 is 0 Å². The molecule has 0 spiro atoms. The average molecular weight is 480 g/mol. The van der Waals surface area contributed by atoms with Crippen molar-refractivity contribution in [1.29, 1.82) is 0 Å². The minimum atomic E-state index is -3.00. The molecule has 1 heterocycles. The largest absolute Gasteiger partial charge is 0.487 e. The summed E-state index contributed by atoms with van der Waals surface area (Å²) in [4.78, 5) is 26.1. The van der Waals surface area contributed by atoms with Crippen LogP contribution in [0.25, 0.3) is 0 Å². The van der Waals surface area contributed by atoms with E-state index in [-0.39, 0.29) is 54.6 Å². The van der Waals surface area contributed by atoms with E-state index in [1.807, 2.05) is 0 Å². The molecular formula is C24H24F4N2O4. The van der Waals surface area contributed by atoms with Gasteiger partial charge >= 0.3 is 6.61 Å². The summed E-state index contributed by atoms with van der Waals surface area (Å²) in [5.74, 6) is -3.38. The normalized spacial score (nSPS) is 18.6. The highest BCUT2D eigenvalue weighted by atomic mass is 19.3. The first kappa shape index (κ1) is 23.8. The summed E-state index contributed by atoms with van der Waals surface area (Å²) in [7, 11) is 0. The van der Waals surface area contributed by atoms with E-state index in [1.54, 1.807) is 12.1 Å². The van der Waals surface area contributed by atoms with Crippen molar-refractivity contribution in [2.45, 2.75) is 50.7 Å². The topological polar surface area (TPSA) is 67.9 Å². The van der Waals surface area contributed by atoms with E-state index in [1.165, 1.54) is 23.1 Å². The lowest BCUT2D eigenvalue weighted by Crippen LogP contribution is -2.34. The standard InChI is InChI=1S/C24H24F4N2O4/c25-17-6-3-7-18(23(17)26)29-21(31)13-30-12-15(11-22(30)32)14-8-9-19(34-24(27)28)20(10-14)33-16-4-1-2-5-16/h3,6-10,15-16,24H,1-2,4-5,11-13H2,(H,29,31). The third-order valence-corrected chi connectivity index (χ3v) is 6.03. The maximum Gasteiger partial charge on any atom is 0.387 e. The predicted molar refractivity (Wildman–Crippen MR) is 115 cm³/mol. The number of rotatable bonds is 8. The Morgan fingerprint density at radius 3 is 2.62 bits per heavy atom. The van der Waals surface area contributed by atoms with Crippen molar-refractivity contribution in [1.82, 2.24) is 4.90 Å². The highest BCUT2D eigenvalue weighted by molar-refractivity contribution is 5.95. The molecule has 2 aromatic carbocycles. The molecule has 2 amide bonds. The van der Waals surface area contributed by atoms with Crippen molar-refractivity contribution in [3.8, 4) is 11.5 Å². The fourth-order valence-electron chi connectivity index (χ4n) is 4.36. The van der Waals surface area contributed by atoms with E-state index < -0.39 is 24.2 Å². The van der Waals surface area contributed by atoms with Gasteiger partial charge < -0.3 is 19.7 Å². The van der Waals surface area contributed by atoms with Crippen molar-refractivity contribution < 1.29 is 36.6 Å². The number of nitrogens with zero attached hydrogens (tertiary/aromatic N) is 1. The van der Waals surface area contributed by atoms with Crippen molar-refractivity contribution in [3.05, 3.63) is 53.6 Å². The van der Waals surface area contributed by atoms with Crippen LogP contribution in [0.3, 0.4) is 0 Å². The summed E-state index contributed by atoms with van der Waals surface area (Å²) in [6.07, 6.45) is 3.69. The smallest absolute Gasteiger partial charge is 0.387 e. The number of alkyl halides is 2. The summed E-state index contributed by atoms with van der Waals surface area (Å²) in [5.41, 5.74) is 0.388. The molecule has 1 unspecified atom stereocenters. The van der Waals surface area contributed by atoms with Crippen LogP contribution in [0.4, 0.5) is 23.2 Å². The second kappa shape index (κ2) is 10.3. The molecule has 182 valence electrons. The van der Waals surface area contributed by atoms with Gasteiger partial charge in [-0.3, -0.25) is 9.59 Å². The molecular weight excluding hydrogens is 456 g/mol. The van der Waals surface area contributed by atoms with E-state index in [2.05, 4.69) is 10.1 Å². The lowest BCUT2D eigenvalue weighted by Gasteiger charge is -2.20. The molecule has 1 aliphatic heterocycles. The fraction of sp³-hybridized carbons (Fsp3) is 0.417. The molecule has 1 saturated heterocycles. The number of nitrogens with one attached hydrogen (secondary N) is 1. The van der Waals surface area contributed by atoms with Gasteiger partial charge in [0.25, 0.3) is 0 Å². The number of carbonyl (C=O) groups is 2. The van der Waals surface area contributed by atoms with Gasteiger partial charge in [0.1, 0.15) is 0 Å². The zero-order chi connectivity index (χ0) is 24.2. The molecule has 2 aromatic rings. The zero-order valence-electron chi connectivity index (χ0n) is 18.2. The Bertz CT molecular complexity index is 1060. The number of benzene rings is 2. The molecule has 0 bridgehead atoms. The number of hydrogen-bond acceptors (Lipinski definition) is 4. The SMILES string of the molecule is O=C(CN1CC(c2ccc(OC(F)F)c(OC3CCCC3)c2)CC1=O)Nc1cccc(F)c1F. The fourth-order valence-corrected chi connectivity index (χ4v) is 4.36. The first-order valence-corrected chi connectivity index (χ1v) is 11.1. The predicted octanol–water partition coefficient (Wildman–Crippen LogP) is 4.84. The molecule has 4 rings (SSSR count). The molecule has 6 nitrogen and oxygen atoms in total. The summed E-state index contributed by atoms with van der Waals surface area (Å²) >= 11 is 0. The lowest BCUT2D eigenvalue weighted by molar-refractivity contribution is -0.131. The van der Waals surface area contributed by atoms with Crippen molar-refractivity contribution >= 4 is 17.5 Å². The van der Waals surface area contributed by atoms with E-state index in [9.17, 15) is 27.2 Å². The Morgan fingerprint density at radius 2 is 1.88 bits per heavy atom. The van der Waals surface area contributed by atoms with Crippen LogP contribution < -0.4 is 14.8 Å². The van der Waals surface area contributed by atoms with Gasteiger partial charge in [0, 0.05) is 18.9 Å². The molecule has 0 radical (unpaired) electrons. The van der Waals surface area contributed by atoms with Crippen LogP contribution in [-0.4, -0.2) is 42.5 Å². The van der Waals surface area contributed by atoms with Crippen LogP contribution in [-0.2, 0) is 9.59 Å². The highest BCUT2D eigenvalue weighted by Crippen LogP contribution is 2.37. The molecule has 1 atom stereocenters. The molecule has 34 heavy (non-hydrogen) atoms. The van der Waals surface area contributed by atoms with E-state index in [0.29, 0.717) is 5.56 Å². The van der Waals surface area contributed by atoms with E-state index in [0.717, 1.165) is 31.7 Å². The maximum absolute atomic E-state index is 13.8. The zero-order valence-corrected chi connectivity index (χ0v) is 18.2. The van der Waals surface area contributed by atoms with Gasteiger partial charge in [-0.15, -0.1) is 0 Å². The maximum atomic E-state index is 13.8. The number of hydrogen-bond donors (Lipinski definition) is 1. The molecule has 2 aliphatic rings. The van der Waals surface area contributed by atoms with Gasteiger partial charge in [0.05, 0.1) is 18.3 Å². The number of ether oxygens (including phenoxy) is 2. The first-order valence-electron chi connectivity index (χ1n) is 11.1. The Morgan fingerprint density at radius 1 is 1.12 bits per heavy atom. The Labute approximate surface area is 193 Å².